The fraction of sp³-hybridized carbons (Fsp3) is 0.105. The number of hydrogen-bond acceptors (Lipinski definition) is 4. The summed E-state index contributed by atoms with van der Waals surface area (Å²) in [7, 11) is 0. The molecule has 120 valence electrons. The van der Waals surface area contributed by atoms with E-state index in [-0.39, 0.29) is 12.4 Å². The Labute approximate surface area is 144 Å². The van der Waals surface area contributed by atoms with Gasteiger partial charge in [0.2, 0.25) is 0 Å². The average Bonchev–Trinajstić information content (AvgIpc) is 2.59. The molecule has 3 rings (SSSR count). The molecule has 0 aliphatic heterocycles. The molecule has 0 aliphatic carbocycles. The molecule has 3 aromatic rings. The van der Waals surface area contributed by atoms with E-state index in [9.17, 15) is 9.59 Å². The first-order chi connectivity index (χ1) is 11.5. The van der Waals surface area contributed by atoms with Crippen molar-refractivity contribution in [2.24, 2.45) is 0 Å². The van der Waals surface area contributed by atoms with E-state index in [1.165, 1.54) is 6.92 Å². The van der Waals surface area contributed by atoms with Gasteiger partial charge in [0, 0.05) is 16.0 Å². The molecular weight excluding hydrogens is 326 g/mol. The minimum atomic E-state index is -0.543. The number of hydrogen-bond donors (Lipinski definition) is 0. The maximum atomic E-state index is 12.4. The smallest absolute Gasteiger partial charge is 0.339 e. The second-order valence-electron chi connectivity index (χ2n) is 5.36. The van der Waals surface area contributed by atoms with Crippen molar-refractivity contribution >= 4 is 34.3 Å². The highest BCUT2D eigenvalue weighted by atomic mass is 35.5. The normalized spacial score (nSPS) is 10.6. The molecule has 0 amide bonds. The minimum absolute atomic E-state index is 0.209. The fourth-order valence-corrected chi connectivity index (χ4v) is 2.48. The molecule has 0 atom stereocenters. The number of rotatable bonds is 4. The SMILES string of the molecule is CC(=O)COC(=O)c1cc(-c2ccc(Cl)cc2)nc2ccccc12. The molecule has 0 unspecified atom stereocenters. The summed E-state index contributed by atoms with van der Waals surface area (Å²) in [6.45, 7) is 1.13. The maximum absolute atomic E-state index is 12.4. The molecule has 0 radical (unpaired) electrons. The number of carbonyl (C=O) groups excluding carboxylic acids is 2. The van der Waals surface area contributed by atoms with Crippen molar-refractivity contribution in [3.63, 3.8) is 0 Å². The molecule has 5 heteroatoms. The number of Topliss-reactive ketones (excluding diaryl/α,β-unsaturated/α-hetero) is 1. The van der Waals surface area contributed by atoms with Crippen LogP contribution in [0.3, 0.4) is 0 Å². The molecule has 0 saturated heterocycles. The Morgan fingerprint density at radius 1 is 1.08 bits per heavy atom. The number of benzene rings is 2. The fourth-order valence-electron chi connectivity index (χ4n) is 2.36. The van der Waals surface area contributed by atoms with Gasteiger partial charge >= 0.3 is 5.97 Å². The highest BCUT2D eigenvalue weighted by Crippen LogP contribution is 2.26. The Hall–Kier alpha value is -2.72. The number of ketones is 1. The first-order valence-corrected chi connectivity index (χ1v) is 7.74. The van der Waals surface area contributed by atoms with Crippen LogP contribution in [0.4, 0.5) is 0 Å². The van der Waals surface area contributed by atoms with Crippen LogP contribution < -0.4 is 0 Å². The quantitative estimate of drug-likeness (QED) is 0.665. The van der Waals surface area contributed by atoms with Gasteiger partial charge in [-0.3, -0.25) is 4.79 Å². The van der Waals surface area contributed by atoms with Gasteiger partial charge in [0.05, 0.1) is 16.8 Å². The minimum Gasteiger partial charge on any atom is -0.454 e. The van der Waals surface area contributed by atoms with Crippen molar-refractivity contribution in [1.29, 1.82) is 0 Å². The third-order valence-electron chi connectivity index (χ3n) is 3.48. The largest absolute Gasteiger partial charge is 0.454 e. The van der Waals surface area contributed by atoms with Crippen molar-refractivity contribution in [2.45, 2.75) is 6.92 Å². The first kappa shape index (κ1) is 16.1. The lowest BCUT2D eigenvalue weighted by Gasteiger charge is -2.09. The van der Waals surface area contributed by atoms with Gasteiger partial charge in [-0.05, 0) is 31.2 Å². The van der Waals surface area contributed by atoms with Crippen LogP contribution in [-0.2, 0) is 9.53 Å². The van der Waals surface area contributed by atoms with Crippen LogP contribution >= 0.6 is 11.6 Å². The number of nitrogens with zero attached hydrogens (tertiary/aromatic N) is 1. The van der Waals surface area contributed by atoms with E-state index in [1.54, 1.807) is 24.3 Å². The summed E-state index contributed by atoms with van der Waals surface area (Å²) < 4.78 is 5.07. The lowest BCUT2D eigenvalue weighted by molar-refractivity contribution is -0.120. The van der Waals surface area contributed by atoms with E-state index in [0.29, 0.717) is 27.2 Å². The summed E-state index contributed by atoms with van der Waals surface area (Å²) in [6, 6.07) is 16.2. The number of fused-ring (bicyclic) bond motifs is 1. The Morgan fingerprint density at radius 3 is 2.50 bits per heavy atom. The van der Waals surface area contributed by atoms with Gasteiger partial charge in [0.15, 0.2) is 5.78 Å². The standard InChI is InChI=1S/C19H14ClNO3/c1-12(22)11-24-19(23)16-10-18(13-6-8-14(20)9-7-13)21-17-5-3-2-4-15(16)17/h2-10H,11H2,1H3. The summed E-state index contributed by atoms with van der Waals surface area (Å²) in [5.74, 6) is -0.751. The Balaban J connectivity index is 2.10. The van der Waals surface area contributed by atoms with Crippen LogP contribution in [0.25, 0.3) is 22.2 Å². The van der Waals surface area contributed by atoms with Crippen LogP contribution in [0.2, 0.25) is 5.02 Å². The molecule has 0 N–H and O–H groups in total. The second-order valence-corrected chi connectivity index (χ2v) is 5.79. The number of aromatic nitrogens is 1. The van der Waals surface area contributed by atoms with Gasteiger partial charge in [-0.1, -0.05) is 41.9 Å². The van der Waals surface area contributed by atoms with Crippen molar-refractivity contribution in [3.8, 4) is 11.3 Å². The van der Waals surface area contributed by atoms with E-state index in [4.69, 9.17) is 16.3 Å². The van der Waals surface area contributed by atoms with Crippen molar-refractivity contribution in [3.05, 3.63) is 65.2 Å². The predicted octanol–water partition coefficient (Wildman–Crippen LogP) is 4.30. The molecule has 1 aromatic heterocycles. The summed E-state index contributed by atoms with van der Waals surface area (Å²) in [4.78, 5) is 28.0. The summed E-state index contributed by atoms with van der Waals surface area (Å²) in [6.07, 6.45) is 0. The van der Waals surface area contributed by atoms with Gasteiger partial charge < -0.3 is 4.74 Å². The number of para-hydroxylation sites is 1. The van der Waals surface area contributed by atoms with Crippen molar-refractivity contribution in [1.82, 2.24) is 4.98 Å². The average molecular weight is 340 g/mol. The highest BCUT2D eigenvalue weighted by Gasteiger charge is 2.15. The van der Waals surface area contributed by atoms with Crippen LogP contribution in [-0.4, -0.2) is 23.3 Å². The topological polar surface area (TPSA) is 56.3 Å². The van der Waals surface area contributed by atoms with Gasteiger partial charge in [0.25, 0.3) is 0 Å². The van der Waals surface area contributed by atoms with Crippen LogP contribution in [0.15, 0.2) is 54.6 Å². The van der Waals surface area contributed by atoms with Gasteiger partial charge in [-0.25, -0.2) is 9.78 Å². The second kappa shape index (κ2) is 6.81. The van der Waals surface area contributed by atoms with Gasteiger partial charge in [-0.15, -0.1) is 0 Å². The van der Waals surface area contributed by atoms with Crippen molar-refractivity contribution in [2.75, 3.05) is 6.61 Å². The molecule has 0 fully saturated rings. The Kier molecular flexibility index (Phi) is 4.58. The summed E-state index contributed by atoms with van der Waals surface area (Å²) in [5, 5.41) is 1.31. The third kappa shape index (κ3) is 3.44. The molecule has 2 aromatic carbocycles. The number of carbonyl (C=O) groups is 2. The van der Waals surface area contributed by atoms with Crippen LogP contribution in [0.5, 0.6) is 0 Å². The van der Waals surface area contributed by atoms with Crippen molar-refractivity contribution < 1.29 is 14.3 Å². The molecule has 0 saturated carbocycles. The molecular formula is C19H14ClNO3. The first-order valence-electron chi connectivity index (χ1n) is 7.37. The molecule has 0 spiro atoms. The van der Waals surface area contributed by atoms with E-state index < -0.39 is 5.97 Å². The zero-order valence-electron chi connectivity index (χ0n) is 13.0. The van der Waals surface area contributed by atoms with E-state index in [0.717, 1.165) is 5.56 Å². The van der Waals surface area contributed by atoms with E-state index in [2.05, 4.69) is 4.98 Å². The number of ether oxygens (including phenoxy) is 1. The third-order valence-corrected chi connectivity index (χ3v) is 3.73. The van der Waals surface area contributed by atoms with E-state index in [1.807, 2.05) is 30.3 Å². The predicted molar refractivity (Wildman–Crippen MR) is 93.2 cm³/mol. The Bertz CT molecular complexity index is 920. The van der Waals surface area contributed by atoms with Crippen LogP contribution in [0.1, 0.15) is 17.3 Å². The van der Waals surface area contributed by atoms with Gasteiger partial charge in [-0.2, -0.15) is 0 Å². The number of esters is 1. The molecule has 24 heavy (non-hydrogen) atoms. The summed E-state index contributed by atoms with van der Waals surface area (Å²) >= 11 is 5.92. The maximum Gasteiger partial charge on any atom is 0.339 e. The molecule has 0 aliphatic rings. The number of halogens is 1. The zero-order valence-corrected chi connectivity index (χ0v) is 13.7. The lowest BCUT2D eigenvalue weighted by Crippen LogP contribution is -2.12. The van der Waals surface area contributed by atoms with Gasteiger partial charge in [0.1, 0.15) is 6.61 Å². The number of pyridine rings is 1. The molecule has 0 bridgehead atoms. The Morgan fingerprint density at radius 2 is 1.79 bits per heavy atom. The monoisotopic (exact) mass is 339 g/mol. The lowest BCUT2D eigenvalue weighted by atomic mass is 10.0. The zero-order chi connectivity index (χ0) is 17.1. The molecule has 4 nitrogen and oxygen atoms in total. The van der Waals surface area contributed by atoms with Crippen LogP contribution in [0, 0.1) is 0 Å². The highest BCUT2D eigenvalue weighted by molar-refractivity contribution is 6.30. The van der Waals surface area contributed by atoms with E-state index >= 15 is 0 Å². The summed E-state index contributed by atoms with van der Waals surface area (Å²) in [5.41, 5.74) is 2.54. The molecule has 1 heterocycles.